The standard InChI is InChI=1S/C12H16N2O2S2/c1-7-8(2)18-10-9(7)11(15)14(3)12(13-10)17-6-5-16-4/h5-6H2,1-4H3. The average Bonchev–Trinajstić information content (AvgIpc) is 2.62. The summed E-state index contributed by atoms with van der Waals surface area (Å²) in [5.41, 5.74) is 1.10. The predicted octanol–water partition coefficient (Wildman–Crippen LogP) is 2.35. The Kier molecular flexibility index (Phi) is 4.09. The minimum absolute atomic E-state index is 0.0433. The first-order chi connectivity index (χ1) is 8.56. The molecule has 0 N–H and O–H groups in total. The van der Waals surface area contributed by atoms with Crippen molar-refractivity contribution >= 4 is 33.3 Å². The number of ether oxygens (including phenoxy) is 1. The van der Waals surface area contributed by atoms with Crippen LogP contribution in [0.25, 0.3) is 10.2 Å². The number of nitrogens with zero attached hydrogens (tertiary/aromatic N) is 2. The first kappa shape index (κ1) is 13.6. The van der Waals surface area contributed by atoms with Gasteiger partial charge < -0.3 is 4.74 Å². The summed E-state index contributed by atoms with van der Waals surface area (Å²) < 4.78 is 6.64. The molecule has 0 aliphatic carbocycles. The lowest BCUT2D eigenvalue weighted by Gasteiger charge is -2.06. The Balaban J connectivity index is 2.51. The van der Waals surface area contributed by atoms with Crippen LogP contribution in [0.5, 0.6) is 0 Å². The van der Waals surface area contributed by atoms with Crippen molar-refractivity contribution in [2.45, 2.75) is 19.0 Å². The van der Waals surface area contributed by atoms with Gasteiger partial charge in [0.15, 0.2) is 5.16 Å². The second kappa shape index (κ2) is 5.42. The van der Waals surface area contributed by atoms with Crippen molar-refractivity contribution in [2.24, 2.45) is 7.05 Å². The summed E-state index contributed by atoms with van der Waals surface area (Å²) in [7, 11) is 3.44. The van der Waals surface area contributed by atoms with Gasteiger partial charge in [0.05, 0.1) is 12.0 Å². The van der Waals surface area contributed by atoms with E-state index in [1.807, 2.05) is 13.8 Å². The van der Waals surface area contributed by atoms with E-state index in [-0.39, 0.29) is 5.56 Å². The molecule has 0 unspecified atom stereocenters. The Bertz CT molecular complexity index is 631. The van der Waals surface area contributed by atoms with Crippen molar-refractivity contribution in [1.29, 1.82) is 0 Å². The van der Waals surface area contributed by atoms with Crippen molar-refractivity contribution < 1.29 is 4.74 Å². The van der Waals surface area contributed by atoms with Gasteiger partial charge in [0, 0.05) is 24.8 Å². The van der Waals surface area contributed by atoms with E-state index in [9.17, 15) is 4.79 Å². The predicted molar refractivity (Wildman–Crippen MR) is 76.9 cm³/mol. The van der Waals surface area contributed by atoms with E-state index >= 15 is 0 Å². The lowest BCUT2D eigenvalue weighted by molar-refractivity contribution is 0.218. The third kappa shape index (κ3) is 2.32. The lowest BCUT2D eigenvalue weighted by Crippen LogP contribution is -2.20. The normalized spacial score (nSPS) is 11.3. The zero-order valence-corrected chi connectivity index (χ0v) is 12.6. The van der Waals surface area contributed by atoms with Crippen LogP contribution in [-0.4, -0.2) is 29.0 Å². The van der Waals surface area contributed by atoms with Crippen LogP contribution in [0, 0.1) is 13.8 Å². The fourth-order valence-electron chi connectivity index (χ4n) is 1.70. The van der Waals surface area contributed by atoms with Gasteiger partial charge in [-0.25, -0.2) is 4.98 Å². The largest absolute Gasteiger partial charge is 0.384 e. The highest BCUT2D eigenvalue weighted by molar-refractivity contribution is 7.99. The summed E-state index contributed by atoms with van der Waals surface area (Å²) in [5.74, 6) is 0.797. The Morgan fingerprint density at radius 3 is 2.83 bits per heavy atom. The summed E-state index contributed by atoms with van der Waals surface area (Å²) >= 11 is 3.14. The smallest absolute Gasteiger partial charge is 0.262 e. The van der Waals surface area contributed by atoms with Crippen LogP contribution in [0.4, 0.5) is 0 Å². The molecule has 18 heavy (non-hydrogen) atoms. The number of thiophene rings is 1. The van der Waals surface area contributed by atoms with Crippen molar-refractivity contribution in [3.8, 4) is 0 Å². The van der Waals surface area contributed by atoms with Crippen molar-refractivity contribution in [1.82, 2.24) is 9.55 Å². The van der Waals surface area contributed by atoms with Crippen molar-refractivity contribution in [2.75, 3.05) is 19.5 Å². The maximum atomic E-state index is 12.3. The molecule has 6 heteroatoms. The Labute approximate surface area is 114 Å². The molecule has 0 amide bonds. The molecule has 2 aromatic rings. The number of hydrogen-bond donors (Lipinski definition) is 0. The number of methoxy groups -OCH3 is 1. The molecule has 2 heterocycles. The molecule has 0 fully saturated rings. The summed E-state index contributed by atoms with van der Waals surface area (Å²) in [4.78, 5) is 18.9. The molecule has 4 nitrogen and oxygen atoms in total. The molecule has 98 valence electrons. The van der Waals surface area contributed by atoms with Crippen molar-refractivity contribution in [3.05, 3.63) is 20.8 Å². The summed E-state index contributed by atoms with van der Waals surface area (Å²) in [6.07, 6.45) is 0. The molecular formula is C12H16N2O2S2. The number of aromatic nitrogens is 2. The molecule has 0 aromatic carbocycles. The fraction of sp³-hybridized carbons (Fsp3) is 0.500. The monoisotopic (exact) mass is 284 g/mol. The van der Waals surface area contributed by atoms with Crippen LogP contribution >= 0.6 is 23.1 Å². The maximum absolute atomic E-state index is 12.3. The minimum atomic E-state index is 0.0433. The highest BCUT2D eigenvalue weighted by atomic mass is 32.2. The average molecular weight is 284 g/mol. The highest BCUT2D eigenvalue weighted by Gasteiger charge is 2.14. The summed E-state index contributed by atoms with van der Waals surface area (Å²) in [5, 5.41) is 1.52. The van der Waals surface area contributed by atoms with E-state index in [0.29, 0.717) is 6.61 Å². The van der Waals surface area contributed by atoms with Crippen LogP contribution in [-0.2, 0) is 11.8 Å². The van der Waals surface area contributed by atoms with Crippen LogP contribution in [0.3, 0.4) is 0 Å². The number of fused-ring (bicyclic) bond motifs is 1. The van der Waals surface area contributed by atoms with Crippen LogP contribution in [0.15, 0.2) is 9.95 Å². The molecule has 0 aliphatic rings. The van der Waals surface area contributed by atoms with Crippen LogP contribution < -0.4 is 5.56 Å². The fourth-order valence-corrected chi connectivity index (χ4v) is 3.64. The zero-order valence-electron chi connectivity index (χ0n) is 10.9. The second-order valence-corrected chi connectivity index (χ2v) is 6.33. The number of thioether (sulfide) groups is 1. The molecule has 2 aromatic heterocycles. The maximum Gasteiger partial charge on any atom is 0.262 e. The molecule has 2 rings (SSSR count). The number of aryl methyl sites for hydroxylation is 2. The van der Waals surface area contributed by atoms with Gasteiger partial charge in [0.2, 0.25) is 0 Å². The minimum Gasteiger partial charge on any atom is -0.384 e. The van der Waals surface area contributed by atoms with E-state index in [0.717, 1.165) is 31.6 Å². The number of hydrogen-bond acceptors (Lipinski definition) is 5. The SMILES string of the molecule is COCCSc1nc2sc(C)c(C)c2c(=O)n1C. The van der Waals surface area contributed by atoms with Gasteiger partial charge in [0.25, 0.3) is 5.56 Å². The van der Waals surface area contributed by atoms with Gasteiger partial charge in [-0.05, 0) is 19.4 Å². The van der Waals surface area contributed by atoms with Crippen molar-refractivity contribution in [3.63, 3.8) is 0 Å². The van der Waals surface area contributed by atoms with E-state index in [4.69, 9.17) is 4.74 Å². The van der Waals surface area contributed by atoms with Crippen LogP contribution in [0.2, 0.25) is 0 Å². The van der Waals surface area contributed by atoms with Gasteiger partial charge in [-0.1, -0.05) is 11.8 Å². The number of rotatable bonds is 4. The molecule has 0 aliphatic heterocycles. The van der Waals surface area contributed by atoms with Gasteiger partial charge in [-0.3, -0.25) is 9.36 Å². The summed E-state index contributed by atoms with van der Waals surface area (Å²) in [6, 6.07) is 0. The topological polar surface area (TPSA) is 44.1 Å². The van der Waals surface area contributed by atoms with Gasteiger partial charge in [-0.2, -0.15) is 0 Å². The Morgan fingerprint density at radius 1 is 1.44 bits per heavy atom. The molecule has 0 atom stereocenters. The van der Waals surface area contributed by atoms with E-state index in [1.165, 1.54) is 0 Å². The molecular weight excluding hydrogens is 268 g/mol. The molecule has 0 saturated carbocycles. The lowest BCUT2D eigenvalue weighted by atomic mass is 10.2. The third-order valence-electron chi connectivity index (χ3n) is 2.89. The van der Waals surface area contributed by atoms with Gasteiger partial charge in [0.1, 0.15) is 4.83 Å². The second-order valence-electron chi connectivity index (χ2n) is 4.06. The quantitative estimate of drug-likeness (QED) is 0.491. The molecule has 0 spiro atoms. The Morgan fingerprint density at radius 2 is 2.17 bits per heavy atom. The molecule has 0 saturated heterocycles. The van der Waals surface area contributed by atoms with E-state index < -0.39 is 0 Å². The van der Waals surface area contributed by atoms with E-state index in [1.54, 1.807) is 41.8 Å². The Hall–Kier alpha value is -0.850. The van der Waals surface area contributed by atoms with Gasteiger partial charge >= 0.3 is 0 Å². The van der Waals surface area contributed by atoms with E-state index in [2.05, 4.69) is 4.98 Å². The third-order valence-corrected chi connectivity index (χ3v) is 4.98. The molecule has 0 bridgehead atoms. The first-order valence-corrected chi connectivity index (χ1v) is 7.45. The highest BCUT2D eigenvalue weighted by Crippen LogP contribution is 2.27. The van der Waals surface area contributed by atoms with Gasteiger partial charge in [-0.15, -0.1) is 11.3 Å². The summed E-state index contributed by atoms with van der Waals surface area (Å²) in [6.45, 7) is 4.66. The molecule has 0 radical (unpaired) electrons. The first-order valence-electron chi connectivity index (χ1n) is 5.64. The van der Waals surface area contributed by atoms with Crippen LogP contribution in [0.1, 0.15) is 10.4 Å². The zero-order chi connectivity index (χ0) is 13.3.